The van der Waals surface area contributed by atoms with Crippen LogP contribution >= 0.6 is 0 Å². The number of aromatic amines is 1. The number of aliphatic hydroxyl groups excluding tert-OH is 2. The molecule has 3 N–H and O–H groups in total. The molecule has 0 bridgehead atoms. The van der Waals surface area contributed by atoms with E-state index in [9.17, 15) is 14.7 Å². The first-order valence-corrected chi connectivity index (χ1v) is 6.24. The monoisotopic (exact) mass is 270 g/mol. The molecule has 0 aliphatic carbocycles. The van der Waals surface area contributed by atoms with Gasteiger partial charge in [0.15, 0.2) is 0 Å². The van der Waals surface area contributed by atoms with Gasteiger partial charge in [-0.25, -0.2) is 9.36 Å². The van der Waals surface area contributed by atoms with E-state index in [-0.39, 0.29) is 18.9 Å². The van der Waals surface area contributed by atoms with Crippen LogP contribution in [-0.4, -0.2) is 38.6 Å². The van der Waals surface area contributed by atoms with Crippen molar-refractivity contribution in [3.05, 3.63) is 32.6 Å². The predicted molar refractivity (Wildman–Crippen MR) is 67.0 cm³/mol. The third kappa shape index (κ3) is 2.49. The third-order valence-corrected chi connectivity index (χ3v) is 3.33. The Hall–Kier alpha value is -1.44. The normalized spacial score (nSPS) is 27.1. The van der Waals surface area contributed by atoms with Gasteiger partial charge in [0.2, 0.25) is 0 Å². The van der Waals surface area contributed by atoms with Crippen LogP contribution in [0.3, 0.4) is 0 Å². The highest BCUT2D eigenvalue weighted by Gasteiger charge is 2.36. The van der Waals surface area contributed by atoms with E-state index in [1.165, 1.54) is 6.20 Å². The van der Waals surface area contributed by atoms with Crippen LogP contribution in [0.25, 0.3) is 0 Å². The topological polar surface area (TPSA) is 105 Å². The molecule has 3 atom stereocenters. The summed E-state index contributed by atoms with van der Waals surface area (Å²) in [6.07, 6.45) is -0.985. The second-order valence-corrected chi connectivity index (χ2v) is 4.99. The summed E-state index contributed by atoms with van der Waals surface area (Å²) in [6.45, 7) is 3.34. The van der Waals surface area contributed by atoms with Gasteiger partial charge in [0, 0.05) is 18.2 Å². The number of nitrogens with one attached hydrogen (secondary N) is 1. The van der Waals surface area contributed by atoms with Crippen LogP contribution in [0.4, 0.5) is 0 Å². The van der Waals surface area contributed by atoms with E-state index in [0.717, 1.165) is 4.57 Å². The molecule has 19 heavy (non-hydrogen) atoms. The van der Waals surface area contributed by atoms with Crippen molar-refractivity contribution in [1.29, 1.82) is 0 Å². The van der Waals surface area contributed by atoms with E-state index < -0.39 is 29.7 Å². The van der Waals surface area contributed by atoms with Gasteiger partial charge in [0.05, 0.1) is 12.7 Å². The van der Waals surface area contributed by atoms with E-state index in [1.807, 2.05) is 13.8 Å². The summed E-state index contributed by atoms with van der Waals surface area (Å²) in [5.41, 5.74) is -0.523. The summed E-state index contributed by atoms with van der Waals surface area (Å²) < 4.78 is 6.31. The van der Waals surface area contributed by atoms with Gasteiger partial charge in [-0.1, -0.05) is 13.8 Å². The van der Waals surface area contributed by atoms with Crippen molar-refractivity contribution >= 4 is 0 Å². The zero-order valence-corrected chi connectivity index (χ0v) is 10.9. The summed E-state index contributed by atoms with van der Waals surface area (Å²) in [7, 11) is 0. The van der Waals surface area contributed by atoms with Crippen LogP contribution in [-0.2, 0) is 4.74 Å². The van der Waals surface area contributed by atoms with Gasteiger partial charge in [0.25, 0.3) is 5.56 Å². The maximum absolute atomic E-state index is 12.2. The summed E-state index contributed by atoms with van der Waals surface area (Å²) >= 11 is 0. The van der Waals surface area contributed by atoms with E-state index >= 15 is 0 Å². The Kier molecular flexibility index (Phi) is 3.88. The zero-order valence-electron chi connectivity index (χ0n) is 10.9. The Morgan fingerprint density at radius 2 is 2.21 bits per heavy atom. The number of ether oxygens (including phenoxy) is 1. The van der Waals surface area contributed by atoms with Gasteiger partial charge >= 0.3 is 5.69 Å². The lowest BCUT2D eigenvalue weighted by Gasteiger charge is -2.15. The van der Waals surface area contributed by atoms with Crippen molar-refractivity contribution in [2.45, 2.75) is 44.6 Å². The molecule has 1 aliphatic heterocycles. The molecule has 2 rings (SSSR count). The molecule has 0 spiro atoms. The lowest BCUT2D eigenvalue weighted by molar-refractivity contribution is -0.0470. The lowest BCUT2D eigenvalue weighted by Crippen LogP contribution is -2.40. The number of nitrogens with zero attached hydrogens (tertiary/aromatic N) is 1. The SMILES string of the molecule is CC(C)c1c[nH]c(=O)n([C@H]2C[C@H](O)[C@@H](CO)O2)c1=O. The molecule has 0 aromatic carbocycles. The van der Waals surface area contributed by atoms with E-state index in [2.05, 4.69) is 4.98 Å². The molecule has 7 heteroatoms. The van der Waals surface area contributed by atoms with Crippen molar-refractivity contribution in [2.24, 2.45) is 0 Å². The molecule has 0 amide bonds. The highest BCUT2D eigenvalue weighted by Crippen LogP contribution is 2.26. The molecule has 0 unspecified atom stereocenters. The number of hydrogen-bond acceptors (Lipinski definition) is 5. The van der Waals surface area contributed by atoms with Crippen molar-refractivity contribution in [3.8, 4) is 0 Å². The van der Waals surface area contributed by atoms with E-state index in [1.54, 1.807) is 0 Å². The summed E-state index contributed by atoms with van der Waals surface area (Å²) in [6, 6.07) is 0. The van der Waals surface area contributed by atoms with Crippen molar-refractivity contribution < 1.29 is 14.9 Å². The van der Waals surface area contributed by atoms with Crippen LogP contribution in [0, 0.1) is 0 Å². The molecule has 106 valence electrons. The van der Waals surface area contributed by atoms with Crippen LogP contribution in [0.1, 0.15) is 38.0 Å². The Morgan fingerprint density at radius 1 is 1.53 bits per heavy atom. The fourth-order valence-electron chi connectivity index (χ4n) is 2.21. The van der Waals surface area contributed by atoms with E-state index in [4.69, 9.17) is 9.84 Å². The Bertz CT molecular complexity index is 562. The molecule has 2 heterocycles. The molecular weight excluding hydrogens is 252 g/mol. The van der Waals surface area contributed by atoms with Crippen LogP contribution in [0.2, 0.25) is 0 Å². The average molecular weight is 270 g/mol. The van der Waals surface area contributed by atoms with Crippen LogP contribution < -0.4 is 11.2 Å². The number of aliphatic hydroxyl groups is 2. The molecule has 0 radical (unpaired) electrons. The Labute approximate surface area is 109 Å². The maximum Gasteiger partial charge on any atom is 0.330 e. The van der Waals surface area contributed by atoms with Gasteiger partial charge in [-0.2, -0.15) is 0 Å². The molecule has 7 nitrogen and oxygen atoms in total. The molecule has 1 aromatic heterocycles. The predicted octanol–water partition coefficient (Wildman–Crippen LogP) is -0.699. The first-order chi connectivity index (χ1) is 8.95. The molecule has 1 saturated heterocycles. The Balaban J connectivity index is 2.44. The van der Waals surface area contributed by atoms with Gasteiger partial charge in [0.1, 0.15) is 12.3 Å². The standard InChI is InChI=1S/C12H18N2O5/c1-6(2)7-4-13-12(18)14(11(7)17)10-3-8(16)9(5-15)19-10/h4,6,8-10,15-16H,3,5H2,1-2H3,(H,13,18)/t8-,9+,10+/m0/s1. The lowest BCUT2D eigenvalue weighted by atomic mass is 10.1. The van der Waals surface area contributed by atoms with Gasteiger partial charge < -0.3 is 19.9 Å². The molecule has 1 aromatic rings. The summed E-state index contributed by atoms with van der Waals surface area (Å²) in [5, 5.41) is 18.7. The van der Waals surface area contributed by atoms with Gasteiger partial charge in [-0.3, -0.25) is 4.79 Å². The quantitative estimate of drug-likeness (QED) is 0.673. The maximum atomic E-state index is 12.2. The largest absolute Gasteiger partial charge is 0.394 e. The van der Waals surface area contributed by atoms with Crippen LogP contribution in [0.15, 0.2) is 15.8 Å². The van der Waals surface area contributed by atoms with E-state index in [0.29, 0.717) is 5.56 Å². The average Bonchev–Trinajstić information content (AvgIpc) is 2.70. The smallest absolute Gasteiger partial charge is 0.330 e. The fraction of sp³-hybridized carbons (Fsp3) is 0.667. The number of hydrogen-bond donors (Lipinski definition) is 3. The minimum atomic E-state index is -0.885. The molecule has 1 fully saturated rings. The number of H-pyrrole nitrogens is 1. The third-order valence-electron chi connectivity index (χ3n) is 3.33. The molecule has 0 saturated carbocycles. The molecule has 1 aliphatic rings. The second-order valence-electron chi connectivity index (χ2n) is 4.99. The van der Waals surface area contributed by atoms with Crippen molar-refractivity contribution in [2.75, 3.05) is 6.61 Å². The van der Waals surface area contributed by atoms with Gasteiger partial charge in [-0.05, 0) is 5.92 Å². The first-order valence-electron chi connectivity index (χ1n) is 6.24. The minimum Gasteiger partial charge on any atom is -0.394 e. The minimum absolute atomic E-state index is 0.0319. The summed E-state index contributed by atoms with van der Waals surface area (Å²) in [5.74, 6) is -0.0319. The van der Waals surface area contributed by atoms with Gasteiger partial charge in [-0.15, -0.1) is 0 Å². The zero-order chi connectivity index (χ0) is 14.2. The highest BCUT2D eigenvalue weighted by molar-refractivity contribution is 5.09. The summed E-state index contributed by atoms with van der Waals surface area (Å²) in [4.78, 5) is 26.5. The Morgan fingerprint density at radius 3 is 2.74 bits per heavy atom. The van der Waals surface area contributed by atoms with Crippen molar-refractivity contribution in [3.63, 3.8) is 0 Å². The van der Waals surface area contributed by atoms with Crippen LogP contribution in [0.5, 0.6) is 0 Å². The second kappa shape index (κ2) is 5.28. The van der Waals surface area contributed by atoms with Crippen molar-refractivity contribution in [1.82, 2.24) is 9.55 Å². The highest BCUT2D eigenvalue weighted by atomic mass is 16.5. The molecular formula is C12H18N2O5. The number of aromatic nitrogens is 2. The number of rotatable bonds is 3. The first kappa shape index (κ1) is 14.0. The fourth-order valence-corrected chi connectivity index (χ4v) is 2.21.